The fraction of sp³-hybridized carbons (Fsp3) is 1.00. The first-order valence-corrected chi connectivity index (χ1v) is 7.62. The smallest absolute Gasteiger partial charge is 0.0768 e. The Morgan fingerprint density at radius 2 is 1.94 bits per heavy atom. The Hall–Kier alpha value is -0.120. The predicted molar refractivity (Wildman–Crippen MR) is 77.9 cm³/mol. The van der Waals surface area contributed by atoms with Crippen LogP contribution in [0.25, 0.3) is 0 Å². The van der Waals surface area contributed by atoms with Crippen LogP contribution in [0, 0.1) is 0 Å². The molecule has 0 aromatic heterocycles. The van der Waals surface area contributed by atoms with Gasteiger partial charge >= 0.3 is 0 Å². The van der Waals surface area contributed by atoms with Crippen molar-refractivity contribution < 1.29 is 5.11 Å². The van der Waals surface area contributed by atoms with E-state index in [-0.39, 0.29) is 0 Å². The Morgan fingerprint density at radius 1 is 1.28 bits per heavy atom. The van der Waals surface area contributed by atoms with E-state index >= 15 is 0 Å². The van der Waals surface area contributed by atoms with Crippen LogP contribution in [-0.4, -0.2) is 60.3 Å². The Labute approximate surface area is 113 Å². The van der Waals surface area contributed by atoms with Gasteiger partial charge in [0.25, 0.3) is 0 Å². The molecule has 18 heavy (non-hydrogen) atoms. The summed E-state index contributed by atoms with van der Waals surface area (Å²) in [5, 5.41) is 10.3. The molecule has 0 bridgehead atoms. The largest absolute Gasteiger partial charge is 0.389 e. The minimum Gasteiger partial charge on any atom is -0.389 e. The summed E-state index contributed by atoms with van der Waals surface area (Å²) in [6.07, 6.45) is 7.00. The second-order valence-corrected chi connectivity index (χ2v) is 6.09. The van der Waals surface area contributed by atoms with Crippen LogP contribution >= 0.6 is 0 Å². The van der Waals surface area contributed by atoms with Gasteiger partial charge in [-0.2, -0.15) is 0 Å². The summed E-state index contributed by atoms with van der Waals surface area (Å²) < 4.78 is 0. The standard InChI is InChI=1S/C15H32N2O/c1-5-15(18,6-2)13-16(3)12-10-14-9-7-8-11-17(14)4/h14,18H,5-13H2,1-4H3. The van der Waals surface area contributed by atoms with Gasteiger partial charge in [-0.05, 0) is 59.3 Å². The first-order valence-electron chi connectivity index (χ1n) is 7.62. The van der Waals surface area contributed by atoms with Gasteiger partial charge in [0.15, 0.2) is 0 Å². The van der Waals surface area contributed by atoms with Crippen molar-refractivity contribution in [3.63, 3.8) is 0 Å². The number of hydrogen-bond donors (Lipinski definition) is 1. The molecule has 1 N–H and O–H groups in total. The van der Waals surface area contributed by atoms with Crippen molar-refractivity contribution in [2.75, 3.05) is 33.7 Å². The van der Waals surface area contributed by atoms with Gasteiger partial charge in [0, 0.05) is 12.6 Å². The highest BCUT2D eigenvalue weighted by Crippen LogP contribution is 2.19. The molecule has 0 aromatic rings. The molecule has 0 radical (unpaired) electrons. The molecule has 1 heterocycles. The van der Waals surface area contributed by atoms with Gasteiger partial charge in [0.2, 0.25) is 0 Å². The molecule has 0 amide bonds. The van der Waals surface area contributed by atoms with Crippen LogP contribution in [0.2, 0.25) is 0 Å². The molecule has 1 saturated heterocycles. The molecule has 1 aliphatic rings. The van der Waals surface area contributed by atoms with Crippen molar-refractivity contribution in [1.82, 2.24) is 9.80 Å². The van der Waals surface area contributed by atoms with Gasteiger partial charge < -0.3 is 14.9 Å². The molecule has 1 unspecified atom stereocenters. The van der Waals surface area contributed by atoms with Crippen LogP contribution in [0.1, 0.15) is 52.4 Å². The van der Waals surface area contributed by atoms with Crippen molar-refractivity contribution in [3.8, 4) is 0 Å². The van der Waals surface area contributed by atoms with Crippen molar-refractivity contribution in [2.24, 2.45) is 0 Å². The molecular formula is C15H32N2O. The average molecular weight is 256 g/mol. The zero-order chi connectivity index (χ0) is 13.6. The Bertz CT molecular complexity index is 229. The summed E-state index contributed by atoms with van der Waals surface area (Å²) in [4.78, 5) is 4.80. The van der Waals surface area contributed by atoms with Gasteiger partial charge in [-0.1, -0.05) is 20.3 Å². The first-order chi connectivity index (χ1) is 8.50. The lowest BCUT2D eigenvalue weighted by Gasteiger charge is -2.35. The third kappa shape index (κ3) is 4.87. The van der Waals surface area contributed by atoms with Gasteiger partial charge in [-0.25, -0.2) is 0 Å². The minimum absolute atomic E-state index is 0.493. The topological polar surface area (TPSA) is 26.7 Å². The van der Waals surface area contributed by atoms with E-state index in [1.165, 1.54) is 32.2 Å². The van der Waals surface area contributed by atoms with Gasteiger partial charge in [0.05, 0.1) is 5.60 Å². The maximum absolute atomic E-state index is 10.3. The molecule has 1 rings (SSSR count). The van der Waals surface area contributed by atoms with E-state index in [1.54, 1.807) is 0 Å². The normalized spacial score (nSPS) is 22.7. The quantitative estimate of drug-likeness (QED) is 0.757. The van der Waals surface area contributed by atoms with Crippen LogP contribution in [0.5, 0.6) is 0 Å². The number of nitrogens with zero attached hydrogens (tertiary/aromatic N) is 2. The highest BCUT2D eigenvalue weighted by molar-refractivity contribution is 4.80. The molecule has 1 fully saturated rings. The molecule has 108 valence electrons. The van der Waals surface area contributed by atoms with E-state index in [9.17, 15) is 5.11 Å². The molecule has 0 aromatic carbocycles. The molecular weight excluding hydrogens is 224 g/mol. The molecule has 1 aliphatic heterocycles. The van der Waals surface area contributed by atoms with Crippen LogP contribution in [0.4, 0.5) is 0 Å². The van der Waals surface area contributed by atoms with Crippen LogP contribution in [0.3, 0.4) is 0 Å². The minimum atomic E-state index is -0.493. The molecule has 0 aliphatic carbocycles. The van der Waals surface area contributed by atoms with Gasteiger partial charge in [-0.15, -0.1) is 0 Å². The zero-order valence-corrected chi connectivity index (χ0v) is 12.8. The van der Waals surface area contributed by atoms with Gasteiger partial charge in [0.1, 0.15) is 0 Å². The van der Waals surface area contributed by atoms with Crippen molar-refractivity contribution in [1.29, 1.82) is 0 Å². The van der Waals surface area contributed by atoms with E-state index in [2.05, 4.69) is 37.7 Å². The van der Waals surface area contributed by atoms with E-state index in [0.717, 1.165) is 32.0 Å². The maximum atomic E-state index is 10.3. The lowest BCUT2D eigenvalue weighted by Crippen LogP contribution is -2.43. The summed E-state index contributed by atoms with van der Waals surface area (Å²) >= 11 is 0. The maximum Gasteiger partial charge on any atom is 0.0768 e. The van der Waals surface area contributed by atoms with E-state index in [0.29, 0.717) is 0 Å². The first kappa shape index (κ1) is 15.9. The second-order valence-electron chi connectivity index (χ2n) is 6.09. The van der Waals surface area contributed by atoms with Crippen LogP contribution in [0.15, 0.2) is 0 Å². The summed E-state index contributed by atoms with van der Waals surface area (Å²) in [7, 11) is 4.39. The van der Waals surface area contributed by atoms with Crippen molar-refractivity contribution >= 4 is 0 Å². The van der Waals surface area contributed by atoms with E-state index in [4.69, 9.17) is 0 Å². The SMILES string of the molecule is CCC(O)(CC)CN(C)CCC1CCCCN1C. The molecule has 1 atom stereocenters. The zero-order valence-electron chi connectivity index (χ0n) is 12.8. The van der Waals surface area contributed by atoms with E-state index < -0.39 is 5.60 Å². The second kappa shape index (κ2) is 7.46. The summed E-state index contributed by atoms with van der Waals surface area (Å²) in [6.45, 7) is 7.30. The van der Waals surface area contributed by atoms with Crippen molar-refractivity contribution in [3.05, 3.63) is 0 Å². The third-order valence-electron chi connectivity index (χ3n) is 4.65. The third-order valence-corrected chi connectivity index (χ3v) is 4.65. The average Bonchev–Trinajstić information content (AvgIpc) is 2.37. The number of piperidine rings is 1. The molecule has 3 heteroatoms. The lowest BCUT2D eigenvalue weighted by atomic mass is 9.96. The summed E-state index contributed by atoms with van der Waals surface area (Å²) in [5.74, 6) is 0. The lowest BCUT2D eigenvalue weighted by molar-refractivity contribution is 0.00103. The number of likely N-dealkylation sites (tertiary alicyclic amines) is 1. The highest BCUT2D eigenvalue weighted by atomic mass is 16.3. The van der Waals surface area contributed by atoms with Crippen LogP contribution in [-0.2, 0) is 0 Å². The van der Waals surface area contributed by atoms with E-state index in [1.807, 2.05) is 0 Å². The number of likely N-dealkylation sites (N-methyl/N-ethyl adjacent to an activating group) is 1. The fourth-order valence-electron chi connectivity index (χ4n) is 2.93. The monoisotopic (exact) mass is 256 g/mol. The number of rotatable bonds is 7. The highest BCUT2D eigenvalue weighted by Gasteiger charge is 2.25. The molecule has 0 spiro atoms. The fourth-order valence-corrected chi connectivity index (χ4v) is 2.93. The predicted octanol–water partition coefficient (Wildman–Crippen LogP) is 2.34. The number of hydrogen-bond acceptors (Lipinski definition) is 3. The number of aliphatic hydroxyl groups is 1. The summed E-state index contributed by atoms with van der Waals surface area (Å²) in [6, 6.07) is 0.748. The van der Waals surface area contributed by atoms with Gasteiger partial charge in [-0.3, -0.25) is 0 Å². The molecule has 0 saturated carbocycles. The Balaban J connectivity index is 2.29. The van der Waals surface area contributed by atoms with Crippen molar-refractivity contribution in [2.45, 2.75) is 64.0 Å². The van der Waals surface area contributed by atoms with Crippen LogP contribution < -0.4 is 0 Å². The Kier molecular flexibility index (Phi) is 6.61. The summed E-state index contributed by atoms with van der Waals surface area (Å²) in [5.41, 5.74) is -0.493. The Morgan fingerprint density at radius 3 is 2.50 bits per heavy atom. The molecule has 3 nitrogen and oxygen atoms in total.